The molecule has 1 heterocycles. The van der Waals surface area contributed by atoms with Crippen LogP contribution in [0.1, 0.15) is 15.9 Å². The second kappa shape index (κ2) is 2.44. The molecule has 0 N–H and O–H groups in total. The van der Waals surface area contributed by atoms with Gasteiger partial charge in [-0.3, -0.25) is 4.79 Å². The summed E-state index contributed by atoms with van der Waals surface area (Å²) in [5, 5.41) is 0. The minimum absolute atomic E-state index is 0.191. The molecule has 1 aliphatic heterocycles. The maximum absolute atomic E-state index is 11.1. The summed E-state index contributed by atoms with van der Waals surface area (Å²) in [5.41, 5.74) is 1.48. The number of ether oxygens (including phenoxy) is 1. The van der Waals surface area contributed by atoms with Crippen LogP contribution in [-0.4, -0.2) is 19.2 Å². The second-order valence-electron chi connectivity index (χ2n) is 2.52. The topological polar surface area (TPSA) is 38.7 Å². The fourth-order valence-electron chi connectivity index (χ4n) is 1.16. The van der Waals surface area contributed by atoms with E-state index in [-0.39, 0.29) is 5.91 Å². The lowest BCUT2D eigenvalue weighted by atomic mass is 10.1. The first-order valence-electron chi connectivity index (χ1n) is 3.58. The molecule has 1 aromatic carbocycles. The van der Waals surface area contributed by atoms with Gasteiger partial charge < -0.3 is 4.74 Å². The highest BCUT2D eigenvalue weighted by atomic mass is 16.5. The van der Waals surface area contributed by atoms with E-state index in [4.69, 9.17) is 4.74 Å². The number of hydrogen-bond acceptors (Lipinski definition) is 2. The molecule has 0 atom stereocenters. The third kappa shape index (κ3) is 0.906. The van der Waals surface area contributed by atoms with Crippen molar-refractivity contribution in [1.29, 1.82) is 0 Å². The molecule has 0 saturated carbocycles. The largest absolute Gasteiger partial charge is 0.497 e. The van der Waals surface area contributed by atoms with Crippen LogP contribution in [0.4, 0.5) is 0 Å². The van der Waals surface area contributed by atoms with Crippen LogP contribution in [0.25, 0.3) is 0 Å². The average molecular weight is 161 g/mol. The quantitative estimate of drug-likeness (QED) is 0.622. The lowest BCUT2D eigenvalue weighted by molar-refractivity contribution is 0.101. The summed E-state index contributed by atoms with van der Waals surface area (Å²) >= 11 is 0. The molecule has 1 aromatic rings. The Morgan fingerprint density at radius 2 is 2.25 bits per heavy atom. The van der Waals surface area contributed by atoms with Gasteiger partial charge in [-0.25, -0.2) is 4.99 Å². The fourth-order valence-corrected chi connectivity index (χ4v) is 1.16. The van der Waals surface area contributed by atoms with Gasteiger partial charge in [-0.2, -0.15) is 0 Å². The van der Waals surface area contributed by atoms with Crippen molar-refractivity contribution in [2.45, 2.75) is 0 Å². The molecular weight excluding hydrogens is 154 g/mol. The molecule has 2 rings (SSSR count). The smallest absolute Gasteiger partial charge is 0.277 e. The van der Waals surface area contributed by atoms with Crippen LogP contribution in [0.15, 0.2) is 23.2 Å². The third-order valence-corrected chi connectivity index (χ3v) is 1.81. The van der Waals surface area contributed by atoms with Crippen LogP contribution in [-0.2, 0) is 0 Å². The van der Waals surface area contributed by atoms with Crippen molar-refractivity contribution < 1.29 is 9.53 Å². The van der Waals surface area contributed by atoms with Gasteiger partial charge in [-0.05, 0) is 18.2 Å². The van der Waals surface area contributed by atoms with Gasteiger partial charge >= 0.3 is 0 Å². The monoisotopic (exact) mass is 161 g/mol. The van der Waals surface area contributed by atoms with Crippen LogP contribution >= 0.6 is 0 Å². The Hall–Kier alpha value is -1.64. The predicted octanol–water partition coefficient (Wildman–Crippen LogP) is 1.27. The normalized spacial score (nSPS) is 13.2. The van der Waals surface area contributed by atoms with Crippen LogP contribution in [0.2, 0.25) is 0 Å². The molecule has 0 radical (unpaired) electrons. The van der Waals surface area contributed by atoms with Crippen molar-refractivity contribution in [2.75, 3.05) is 7.11 Å². The van der Waals surface area contributed by atoms with E-state index in [1.165, 1.54) is 0 Å². The first-order chi connectivity index (χ1) is 5.81. The molecule has 0 aliphatic carbocycles. The fraction of sp³-hybridized carbons (Fsp3) is 0.111. The van der Waals surface area contributed by atoms with Gasteiger partial charge in [0.15, 0.2) is 0 Å². The average Bonchev–Trinajstić information content (AvgIpc) is 2.47. The summed E-state index contributed by atoms with van der Waals surface area (Å²) < 4.78 is 4.98. The van der Waals surface area contributed by atoms with Gasteiger partial charge in [0.1, 0.15) is 5.75 Å². The molecule has 3 heteroatoms. The Kier molecular flexibility index (Phi) is 1.43. The Morgan fingerprint density at radius 3 is 3.00 bits per heavy atom. The van der Waals surface area contributed by atoms with Crippen LogP contribution in [0, 0.1) is 0 Å². The summed E-state index contributed by atoms with van der Waals surface area (Å²) in [6.45, 7) is 0. The third-order valence-electron chi connectivity index (χ3n) is 1.81. The first kappa shape index (κ1) is 7.03. The Balaban J connectivity index is 2.55. The number of fused-ring (bicyclic) bond motifs is 1. The van der Waals surface area contributed by atoms with Crippen LogP contribution < -0.4 is 4.74 Å². The minimum atomic E-state index is -0.191. The highest BCUT2D eigenvalue weighted by Crippen LogP contribution is 2.20. The lowest BCUT2D eigenvalue weighted by Crippen LogP contribution is -1.93. The number of carbonyl (C=O) groups excluding carboxylic acids is 1. The maximum Gasteiger partial charge on any atom is 0.277 e. The number of methoxy groups -OCH3 is 1. The number of carbonyl (C=O) groups is 1. The number of amides is 1. The van der Waals surface area contributed by atoms with Crippen molar-refractivity contribution >= 4 is 12.1 Å². The molecule has 0 aromatic heterocycles. The molecule has 0 bridgehead atoms. The van der Waals surface area contributed by atoms with Gasteiger partial charge in [-0.15, -0.1) is 0 Å². The van der Waals surface area contributed by atoms with Crippen molar-refractivity contribution in [3.63, 3.8) is 0 Å². The highest BCUT2D eigenvalue weighted by molar-refractivity contribution is 6.13. The molecule has 0 saturated heterocycles. The molecule has 1 amide bonds. The second-order valence-corrected chi connectivity index (χ2v) is 2.52. The van der Waals surface area contributed by atoms with Gasteiger partial charge in [0, 0.05) is 11.8 Å². The van der Waals surface area contributed by atoms with Gasteiger partial charge in [-0.1, -0.05) is 0 Å². The maximum atomic E-state index is 11.1. The van der Waals surface area contributed by atoms with Crippen molar-refractivity contribution in [1.82, 2.24) is 0 Å². The summed E-state index contributed by atoms with van der Waals surface area (Å²) in [5.74, 6) is 0.497. The van der Waals surface area contributed by atoms with E-state index in [9.17, 15) is 4.79 Å². The standard InChI is InChI=1S/C9H7NO2/c1-12-7-3-2-6-5-10-9(11)8(6)4-7/h2-5H,1H3. The molecule has 3 nitrogen and oxygen atoms in total. The molecule has 12 heavy (non-hydrogen) atoms. The van der Waals surface area contributed by atoms with Gasteiger partial charge in [0.2, 0.25) is 0 Å². The van der Waals surface area contributed by atoms with E-state index in [0.717, 1.165) is 5.56 Å². The van der Waals surface area contributed by atoms with E-state index in [2.05, 4.69) is 4.99 Å². The summed E-state index contributed by atoms with van der Waals surface area (Å²) in [4.78, 5) is 14.7. The molecule has 0 spiro atoms. The molecule has 60 valence electrons. The van der Waals surface area contributed by atoms with E-state index in [0.29, 0.717) is 11.3 Å². The Bertz CT molecular complexity index is 369. The predicted molar refractivity (Wildman–Crippen MR) is 44.9 cm³/mol. The summed E-state index contributed by atoms with van der Waals surface area (Å²) in [6, 6.07) is 5.33. The SMILES string of the molecule is COc1ccc2c(c1)C(=O)N=C2. The van der Waals surface area contributed by atoms with Crippen molar-refractivity contribution in [3.8, 4) is 5.75 Å². The number of benzene rings is 1. The first-order valence-corrected chi connectivity index (χ1v) is 3.58. The molecule has 1 aliphatic rings. The Morgan fingerprint density at radius 1 is 1.42 bits per heavy atom. The van der Waals surface area contributed by atoms with Crippen molar-refractivity contribution in [3.05, 3.63) is 29.3 Å². The summed E-state index contributed by atoms with van der Waals surface area (Å²) in [6.07, 6.45) is 1.57. The summed E-state index contributed by atoms with van der Waals surface area (Å²) in [7, 11) is 1.57. The number of hydrogen-bond donors (Lipinski definition) is 0. The molecular formula is C9H7NO2. The number of nitrogens with zero attached hydrogens (tertiary/aromatic N) is 1. The molecule has 0 unspecified atom stereocenters. The number of aliphatic imine (C=N–C) groups is 1. The lowest BCUT2D eigenvalue weighted by Gasteiger charge is -2.00. The highest BCUT2D eigenvalue weighted by Gasteiger charge is 2.15. The van der Waals surface area contributed by atoms with E-state index >= 15 is 0 Å². The van der Waals surface area contributed by atoms with E-state index in [1.807, 2.05) is 12.1 Å². The van der Waals surface area contributed by atoms with Crippen molar-refractivity contribution in [2.24, 2.45) is 4.99 Å². The zero-order valence-electron chi connectivity index (χ0n) is 6.57. The molecule has 0 fully saturated rings. The van der Waals surface area contributed by atoms with E-state index in [1.54, 1.807) is 19.4 Å². The number of rotatable bonds is 1. The van der Waals surface area contributed by atoms with Gasteiger partial charge in [0.25, 0.3) is 5.91 Å². The van der Waals surface area contributed by atoms with Gasteiger partial charge in [0.05, 0.1) is 12.7 Å². The van der Waals surface area contributed by atoms with Crippen LogP contribution in [0.3, 0.4) is 0 Å². The minimum Gasteiger partial charge on any atom is -0.497 e. The zero-order chi connectivity index (χ0) is 8.55. The zero-order valence-corrected chi connectivity index (χ0v) is 6.57. The van der Waals surface area contributed by atoms with E-state index < -0.39 is 0 Å². The van der Waals surface area contributed by atoms with Crippen LogP contribution in [0.5, 0.6) is 5.75 Å². The Labute approximate surface area is 69.7 Å².